The number of phosphoric acid groups is 3. The minimum Gasteiger partial charge on any atom is -0.756 e. The fourth-order valence-corrected chi connectivity index (χ4v) is 3.67. The Morgan fingerprint density at radius 3 is 0.875 bits per heavy atom. The summed E-state index contributed by atoms with van der Waals surface area (Å²) in [5.41, 5.74) is 0. The summed E-state index contributed by atoms with van der Waals surface area (Å²) in [5.74, 6) is 0. The van der Waals surface area contributed by atoms with E-state index in [4.69, 9.17) is 14.7 Å². The molecule has 6 N–H and O–H groups in total. The fourth-order valence-electron chi connectivity index (χ4n) is 2.00. The van der Waals surface area contributed by atoms with E-state index in [9.17, 15) is 43.7 Å². The molecular weight excluding hydrogens is 405 g/mol. The number of phosphoric ester groups is 3. The van der Waals surface area contributed by atoms with Crippen molar-refractivity contribution in [2.75, 3.05) is 0 Å². The second-order valence-corrected chi connectivity index (χ2v) is 8.03. The van der Waals surface area contributed by atoms with Crippen LogP contribution in [0.4, 0.5) is 0 Å². The van der Waals surface area contributed by atoms with E-state index in [1.165, 1.54) is 0 Å². The van der Waals surface area contributed by atoms with Crippen molar-refractivity contribution in [1.82, 2.24) is 0 Å². The molecule has 1 fully saturated rings. The maximum Gasteiger partial charge on any atom is 0.265 e. The molecule has 15 nitrogen and oxygen atoms in total. The Labute approximate surface area is 133 Å². The molecule has 0 bridgehead atoms. The largest absolute Gasteiger partial charge is 0.756 e. The van der Waals surface area contributed by atoms with Crippen LogP contribution in [0.1, 0.15) is 0 Å². The third kappa shape index (κ3) is 6.50. The standard InChI is InChI=1S/C6H15O15P3/c7-1-4(19-22(10,11)12)2(8)6(21-24(16,17)18)3(9)5(1)20-23(13,14)15/h1-9H,(H2,10,11,12)(H2,13,14,15)(H2,16,17,18)/p-3. The van der Waals surface area contributed by atoms with Gasteiger partial charge in [0.15, 0.2) is 0 Å². The molecule has 0 aromatic rings. The molecule has 144 valence electrons. The Morgan fingerprint density at radius 1 is 0.583 bits per heavy atom. The molecule has 0 amide bonds. The molecule has 1 saturated carbocycles. The monoisotopic (exact) mass is 417 g/mol. The Balaban J connectivity index is 3.23. The molecule has 0 aromatic carbocycles. The maximum absolute atomic E-state index is 10.7. The van der Waals surface area contributed by atoms with Crippen LogP contribution in [-0.2, 0) is 27.3 Å². The lowest BCUT2D eigenvalue weighted by Crippen LogP contribution is -2.65. The topological polar surface area (TPSA) is 269 Å². The van der Waals surface area contributed by atoms with Crippen molar-refractivity contribution < 1.29 is 71.9 Å². The van der Waals surface area contributed by atoms with E-state index in [0.717, 1.165) is 0 Å². The zero-order valence-electron chi connectivity index (χ0n) is 11.2. The van der Waals surface area contributed by atoms with Gasteiger partial charge in [-0.2, -0.15) is 0 Å². The molecule has 1 aliphatic rings. The molecular formula is C6H12O15P3-3. The van der Waals surface area contributed by atoms with Crippen LogP contribution >= 0.6 is 23.5 Å². The van der Waals surface area contributed by atoms with Gasteiger partial charge >= 0.3 is 0 Å². The molecule has 3 atom stereocenters. The van der Waals surface area contributed by atoms with Gasteiger partial charge in [0.1, 0.15) is 36.6 Å². The summed E-state index contributed by atoms with van der Waals surface area (Å²) in [6.45, 7) is 0. The van der Waals surface area contributed by atoms with Crippen LogP contribution in [0.3, 0.4) is 0 Å². The molecule has 0 heterocycles. The average Bonchev–Trinajstić information content (AvgIpc) is 2.32. The van der Waals surface area contributed by atoms with Crippen molar-refractivity contribution in [2.45, 2.75) is 36.6 Å². The van der Waals surface area contributed by atoms with Crippen molar-refractivity contribution in [1.29, 1.82) is 0 Å². The van der Waals surface area contributed by atoms with Crippen LogP contribution in [0.5, 0.6) is 0 Å². The molecule has 0 spiro atoms. The maximum atomic E-state index is 10.7. The summed E-state index contributed by atoms with van der Waals surface area (Å²) in [4.78, 5) is 57.9. The van der Waals surface area contributed by atoms with Gasteiger partial charge < -0.3 is 58.3 Å². The average molecular weight is 417 g/mol. The normalized spacial score (nSPS) is 41.9. The molecule has 3 unspecified atom stereocenters. The van der Waals surface area contributed by atoms with Crippen molar-refractivity contribution in [3.8, 4) is 0 Å². The highest BCUT2D eigenvalue weighted by atomic mass is 31.2. The van der Waals surface area contributed by atoms with Crippen molar-refractivity contribution >= 4 is 23.5 Å². The Kier molecular flexibility index (Phi) is 6.90. The molecule has 1 aliphatic carbocycles. The zero-order chi connectivity index (χ0) is 19.1. The first kappa shape index (κ1) is 22.3. The number of rotatable bonds is 6. The predicted octanol–water partition coefficient (Wildman–Crippen LogP) is -5.38. The van der Waals surface area contributed by atoms with E-state index in [2.05, 4.69) is 13.6 Å². The Bertz CT molecular complexity index is 481. The van der Waals surface area contributed by atoms with E-state index < -0.39 is 60.1 Å². The van der Waals surface area contributed by atoms with Crippen molar-refractivity contribution in [2.24, 2.45) is 0 Å². The van der Waals surface area contributed by atoms with E-state index in [0.29, 0.717) is 0 Å². The number of hydrogen-bond acceptors (Lipinski definition) is 12. The highest BCUT2D eigenvalue weighted by Gasteiger charge is 2.54. The van der Waals surface area contributed by atoms with Gasteiger partial charge in [0.05, 0.1) is 0 Å². The lowest BCUT2D eigenvalue weighted by Gasteiger charge is -2.46. The van der Waals surface area contributed by atoms with Crippen LogP contribution in [0.25, 0.3) is 0 Å². The second-order valence-electron chi connectivity index (χ2n) is 4.59. The molecule has 0 aromatic heterocycles. The minimum absolute atomic E-state index is 2.49. The molecule has 1 rings (SSSR count). The van der Waals surface area contributed by atoms with Crippen molar-refractivity contribution in [3.05, 3.63) is 0 Å². The molecule has 0 saturated heterocycles. The molecule has 0 radical (unpaired) electrons. The first-order valence-electron chi connectivity index (χ1n) is 5.72. The van der Waals surface area contributed by atoms with Gasteiger partial charge in [0, 0.05) is 0 Å². The lowest BCUT2D eigenvalue weighted by molar-refractivity contribution is -0.276. The van der Waals surface area contributed by atoms with Crippen LogP contribution < -0.4 is 14.7 Å². The quantitative estimate of drug-likeness (QED) is 0.220. The molecule has 18 heteroatoms. The fraction of sp³-hybridized carbons (Fsp3) is 1.00. The summed E-state index contributed by atoms with van der Waals surface area (Å²) in [5, 5.41) is 29.2. The van der Waals surface area contributed by atoms with Gasteiger partial charge in [0.2, 0.25) is 0 Å². The van der Waals surface area contributed by atoms with Gasteiger partial charge in [-0.15, -0.1) is 0 Å². The minimum atomic E-state index is -5.67. The Morgan fingerprint density at radius 2 is 0.750 bits per heavy atom. The van der Waals surface area contributed by atoms with Crippen LogP contribution in [0, 0.1) is 0 Å². The first-order valence-corrected chi connectivity index (χ1v) is 10.2. The zero-order valence-corrected chi connectivity index (χ0v) is 13.8. The smallest absolute Gasteiger partial charge is 0.265 e. The highest BCUT2D eigenvalue weighted by Crippen LogP contribution is 2.45. The second kappa shape index (κ2) is 7.45. The van der Waals surface area contributed by atoms with Crippen LogP contribution in [0.2, 0.25) is 0 Å². The number of hydrogen-bond donors (Lipinski definition) is 6. The van der Waals surface area contributed by atoms with Gasteiger partial charge in [-0.3, -0.25) is 13.7 Å². The highest BCUT2D eigenvalue weighted by molar-refractivity contribution is 7.45. The third-order valence-electron chi connectivity index (χ3n) is 2.78. The third-order valence-corrected chi connectivity index (χ3v) is 4.31. The summed E-state index contributed by atoms with van der Waals surface area (Å²) < 4.78 is 43.8. The van der Waals surface area contributed by atoms with Crippen molar-refractivity contribution in [3.63, 3.8) is 0 Å². The molecule has 0 aliphatic heterocycles. The van der Waals surface area contributed by atoms with Crippen LogP contribution in [-0.4, -0.2) is 66.6 Å². The molecule has 24 heavy (non-hydrogen) atoms. The van der Waals surface area contributed by atoms with Crippen LogP contribution in [0.15, 0.2) is 0 Å². The number of aliphatic hydroxyl groups excluding tert-OH is 3. The van der Waals surface area contributed by atoms with Gasteiger partial charge in [-0.1, -0.05) is 0 Å². The predicted molar refractivity (Wildman–Crippen MR) is 62.1 cm³/mol. The first-order chi connectivity index (χ1) is 10.5. The van der Waals surface area contributed by atoms with E-state index >= 15 is 0 Å². The van der Waals surface area contributed by atoms with Gasteiger partial charge in [0.25, 0.3) is 23.5 Å². The SMILES string of the molecule is O=P([O-])(O)OC1C(O)C(OP(=O)([O-])O)C(O)C(OP(=O)([O-])O)C1O. The van der Waals surface area contributed by atoms with E-state index in [1.54, 1.807) is 0 Å². The lowest BCUT2D eigenvalue weighted by atomic mass is 9.85. The van der Waals surface area contributed by atoms with E-state index in [-0.39, 0.29) is 0 Å². The van der Waals surface area contributed by atoms with E-state index in [1.807, 2.05) is 0 Å². The summed E-state index contributed by atoms with van der Waals surface area (Å²) in [6, 6.07) is 0. The summed E-state index contributed by atoms with van der Waals surface area (Å²) in [6.07, 6.45) is -15.0. The van der Waals surface area contributed by atoms with Gasteiger partial charge in [-0.05, 0) is 0 Å². The van der Waals surface area contributed by atoms with Gasteiger partial charge in [-0.25, -0.2) is 0 Å². The number of aliphatic hydroxyl groups is 3. The summed E-state index contributed by atoms with van der Waals surface area (Å²) in [7, 11) is -17.0. The Hall–Kier alpha value is 0.210. The summed E-state index contributed by atoms with van der Waals surface area (Å²) >= 11 is 0.